The van der Waals surface area contributed by atoms with Gasteiger partial charge in [-0.05, 0) is 47.7 Å². The van der Waals surface area contributed by atoms with Gasteiger partial charge >= 0.3 is 0 Å². The summed E-state index contributed by atoms with van der Waals surface area (Å²) < 4.78 is 5.67. The van der Waals surface area contributed by atoms with Gasteiger partial charge in [-0.1, -0.05) is 54.6 Å². The molecule has 0 unspecified atom stereocenters. The molecule has 0 radical (unpaired) electrons. The minimum absolute atomic E-state index is 0.00589. The third kappa shape index (κ3) is 5.24. The van der Waals surface area contributed by atoms with E-state index in [0.717, 1.165) is 35.6 Å². The van der Waals surface area contributed by atoms with Gasteiger partial charge in [-0.3, -0.25) is 9.59 Å². The molecule has 4 rings (SSSR count). The van der Waals surface area contributed by atoms with E-state index < -0.39 is 0 Å². The molecule has 0 atom stereocenters. The Morgan fingerprint density at radius 2 is 1.63 bits per heavy atom. The molecule has 1 aliphatic carbocycles. The lowest BCUT2D eigenvalue weighted by molar-refractivity contribution is -0.117. The molecule has 5 heteroatoms. The minimum atomic E-state index is -0.185. The van der Waals surface area contributed by atoms with Gasteiger partial charge in [-0.2, -0.15) is 0 Å². The fourth-order valence-electron chi connectivity index (χ4n) is 3.35. The first-order valence-electron chi connectivity index (χ1n) is 10.4. The lowest BCUT2D eigenvalue weighted by atomic mass is 10.0. The molecular formula is C25H26N2O3. The Morgan fingerprint density at radius 3 is 2.37 bits per heavy atom. The van der Waals surface area contributed by atoms with Crippen LogP contribution in [0.5, 0.6) is 0 Å². The summed E-state index contributed by atoms with van der Waals surface area (Å²) in [6, 6.07) is 21.6. The van der Waals surface area contributed by atoms with E-state index in [0.29, 0.717) is 31.0 Å². The molecule has 2 amide bonds. The van der Waals surface area contributed by atoms with Gasteiger partial charge in [-0.25, -0.2) is 0 Å². The van der Waals surface area contributed by atoms with Crippen LogP contribution in [0, 0.1) is 5.92 Å². The van der Waals surface area contributed by atoms with Gasteiger partial charge < -0.3 is 15.4 Å². The Hall–Kier alpha value is -3.18. The lowest BCUT2D eigenvalue weighted by Gasteiger charge is -2.13. The Kier molecular flexibility index (Phi) is 6.40. The van der Waals surface area contributed by atoms with E-state index in [1.165, 1.54) is 0 Å². The molecule has 0 bridgehead atoms. The highest BCUT2D eigenvalue weighted by Gasteiger charge is 2.30. The second-order valence-electron chi connectivity index (χ2n) is 7.66. The van der Waals surface area contributed by atoms with Crippen molar-refractivity contribution in [3.05, 3.63) is 77.9 Å². The van der Waals surface area contributed by atoms with Gasteiger partial charge in [0, 0.05) is 19.1 Å². The minimum Gasteiger partial charge on any atom is -0.377 e. The average molecular weight is 402 g/mol. The smallest absolute Gasteiger partial charge is 0.253 e. The SMILES string of the molecule is O=C(NCCCOCc1ccccc1)c1cc2ccccc2cc1NC(=O)C1CC1. The Bertz CT molecular complexity index is 1030. The first kappa shape index (κ1) is 20.1. The number of anilines is 1. The number of hydrogen-bond acceptors (Lipinski definition) is 3. The maximum atomic E-state index is 12.8. The third-order valence-electron chi connectivity index (χ3n) is 5.20. The first-order valence-corrected chi connectivity index (χ1v) is 10.4. The number of fused-ring (bicyclic) bond motifs is 1. The van der Waals surface area contributed by atoms with Crippen molar-refractivity contribution in [3.8, 4) is 0 Å². The molecule has 1 saturated carbocycles. The van der Waals surface area contributed by atoms with Crippen LogP contribution in [0.25, 0.3) is 10.8 Å². The molecular weight excluding hydrogens is 376 g/mol. The quantitative estimate of drug-likeness (QED) is 0.517. The second-order valence-corrected chi connectivity index (χ2v) is 7.66. The van der Waals surface area contributed by atoms with Crippen molar-refractivity contribution in [2.45, 2.75) is 25.9 Å². The molecule has 0 spiro atoms. The van der Waals surface area contributed by atoms with Crippen molar-refractivity contribution >= 4 is 28.3 Å². The highest BCUT2D eigenvalue weighted by Crippen LogP contribution is 2.32. The summed E-state index contributed by atoms with van der Waals surface area (Å²) in [6.45, 7) is 1.64. The predicted molar refractivity (Wildman–Crippen MR) is 118 cm³/mol. The molecule has 154 valence electrons. The predicted octanol–water partition coefficient (Wildman–Crippen LogP) is 4.53. The topological polar surface area (TPSA) is 67.4 Å². The molecule has 3 aromatic carbocycles. The molecule has 0 heterocycles. The highest BCUT2D eigenvalue weighted by molar-refractivity contribution is 6.08. The van der Waals surface area contributed by atoms with E-state index in [1.54, 1.807) is 0 Å². The maximum absolute atomic E-state index is 12.8. The third-order valence-corrected chi connectivity index (χ3v) is 5.20. The molecule has 1 aliphatic rings. The Balaban J connectivity index is 1.34. The van der Waals surface area contributed by atoms with Crippen LogP contribution >= 0.6 is 0 Å². The fourth-order valence-corrected chi connectivity index (χ4v) is 3.35. The van der Waals surface area contributed by atoms with Gasteiger partial charge in [0.25, 0.3) is 5.91 Å². The van der Waals surface area contributed by atoms with Crippen molar-refractivity contribution < 1.29 is 14.3 Å². The fraction of sp³-hybridized carbons (Fsp3) is 0.280. The van der Waals surface area contributed by atoms with Crippen molar-refractivity contribution in [2.24, 2.45) is 5.92 Å². The van der Waals surface area contributed by atoms with E-state index in [2.05, 4.69) is 10.6 Å². The Morgan fingerprint density at radius 1 is 0.933 bits per heavy atom. The van der Waals surface area contributed by atoms with Gasteiger partial charge in [-0.15, -0.1) is 0 Å². The molecule has 30 heavy (non-hydrogen) atoms. The summed E-state index contributed by atoms with van der Waals surface area (Å²) in [7, 11) is 0. The van der Waals surface area contributed by atoms with Crippen LogP contribution in [-0.2, 0) is 16.1 Å². The summed E-state index contributed by atoms with van der Waals surface area (Å²) in [4.78, 5) is 25.1. The van der Waals surface area contributed by atoms with E-state index >= 15 is 0 Å². The van der Waals surface area contributed by atoms with Crippen molar-refractivity contribution in [1.82, 2.24) is 5.32 Å². The number of carbonyl (C=O) groups excluding carboxylic acids is 2. The zero-order valence-corrected chi connectivity index (χ0v) is 16.9. The maximum Gasteiger partial charge on any atom is 0.253 e. The standard InChI is InChI=1S/C25H26N2O3/c28-24(19-11-12-19)27-23-16-21-10-5-4-9-20(21)15-22(23)25(29)26-13-6-14-30-17-18-7-2-1-3-8-18/h1-5,7-10,15-16,19H,6,11-14,17H2,(H,26,29)(H,27,28). The van der Waals surface area contributed by atoms with E-state index in [1.807, 2.05) is 66.7 Å². The van der Waals surface area contributed by atoms with Gasteiger partial charge in [0.15, 0.2) is 0 Å². The second kappa shape index (κ2) is 9.55. The summed E-state index contributed by atoms with van der Waals surface area (Å²) in [5.41, 5.74) is 2.20. The molecule has 0 aromatic heterocycles. The molecule has 2 N–H and O–H groups in total. The molecule has 0 aliphatic heterocycles. The number of benzene rings is 3. The van der Waals surface area contributed by atoms with Crippen molar-refractivity contribution in [3.63, 3.8) is 0 Å². The number of ether oxygens (including phenoxy) is 1. The first-order chi connectivity index (χ1) is 14.7. The molecule has 1 fully saturated rings. The van der Waals surface area contributed by atoms with Gasteiger partial charge in [0.2, 0.25) is 5.91 Å². The summed E-state index contributed by atoms with van der Waals surface area (Å²) in [5.74, 6) is -0.113. The molecule has 0 saturated heterocycles. The van der Waals surface area contributed by atoms with E-state index in [-0.39, 0.29) is 17.7 Å². The van der Waals surface area contributed by atoms with Crippen LogP contribution in [0.4, 0.5) is 5.69 Å². The number of amides is 2. The number of rotatable bonds is 9. The summed E-state index contributed by atoms with van der Waals surface area (Å²) in [6.07, 6.45) is 2.56. The summed E-state index contributed by atoms with van der Waals surface area (Å²) >= 11 is 0. The van der Waals surface area contributed by atoms with Crippen molar-refractivity contribution in [2.75, 3.05) is 18.5 Å². The van der Waals surface area contributed by atoms with Gasteiger partial charge in [0.05, 0.1) is 17.9 Å². The van der Waals surface area contributed by atoms with Crippen LogP contribution in [-0.4, -0.2) is 25.0 Å². The molecule has 5 nitrogen and oxygen atoms in total. The largest absolute Gasteiger partial charge is 0.377 e. The summed E-state index contributed by atoms with van der Waals surface area (Å²) in [5, 5.41) is 7.87. The van der Waals surface area contributed by atoms with E-state index in [4.69, 9.17) is 4.74 Å². The van der Waals surface area contributed by atoms with Crippen molar-refractivity contribution in [1.29, 1.82) is 0 Å². The number of hydrogen-bond donors (Lipinski definition) is 2. The van der Waals surface area contributed by atoms with E-state index in [9.17, 15) is 9.59 Å². The van der Waals surface area contributed by atoms with Gasteiger partial charge in [0.1, 0.15) is 0 Å². The van der Waals surface area contributed by atoms with Crippen LogP contribution in [0.2, 0.25) is 0 Å². The zero-order valence-electron chi connectivity index (χ0n) is 16.9. The normalized spacial score (nSPS) is 13.2. The van der Waals surface area contributed by atoms with Crippen LogP contribution in [0.3, 0.4) is 0 Å². The zero-order chi connectivity index (χ0) is 20.8. The lowest BCUT2D eigenvalue weighted by Crippen LogP contribution is -2.27. The monoisotopic (exact) mass is 402 g/mol. The van der Waals surface area contributed by atoms with Crippen LogP contribution < -0.4 is 10.6 Å². The number of nitrogens with one attached hydrogen (secondary N) is 2. The number of carbonyl (C=O) groups is 2. The average Bonchev–Trinajstić information content (AvgIpc) is 3.62. The van der Waals surface area contributed by atoms with Crippen LogP contribution in [0.15, 0.2) is 66.7 Å². The Labute approximate surface area is 176 Å². The highest BCUT2D eigenvalue weighted by atomic mass is 16.5. The molecule has 3 aromatic rings. The van der Waals surface area contributed by atoms with Crippen LogP contribution in [0.1, 0.15) is 35.2 Å².